The van der Waals surface area contributed by atoms with Gasteiger partial charge in [-0.25, -0.2) is 0 Å². The molecule has 2 aliphatic rings. The van der Waals surface area contributed by atoms with Crippen LogP contribution >= 0.6 is 0 Å². The number of fused-ring (bicyclic) bond motifs is 1. The molecule has 1 aromatic carbocycles. The summed E-state index contributed by atoms with van der Waals surface area (Å²) >= 11 is 0. The highest BCUT2D eigenvalue weighted by Gasteiger charge is 2.46. The van der Waals surface area contributed by atoms with Crippen LogP contribution in [0.3, 0.4) is 0 Å². The van der Waals surface area contributed by atoms with Crippen LogP contribution in [-0.4, -0.2) is 42.5 Å². The van der Waals surface area contributed by atoms with Crippen LogP contribution in [0.5, 0.6) is 0 Å². The second kappa shape index (κ2) is 5.26. The average Bonchev–Trinajstić information content (AvgIpc) is 2.85. The Labute approximate surface area is 117 Å². The van der Waals surface area contributed by atoms with Crippen LogP contribution in [0.4, 0.5) is 0 Å². The normalized spacial score (nSPS) is 32.1. The average molecular weight is 258 g/mol. The van der Waals surface area contributed by atoms with E-state index in [0.717, 1.165) is 30.3 Å². The molecule has 1 aromatic rings. The van der Waals surface area contributed by atoms with Gasteiger partial charge in [0, 0.05) is 32.2 Å². The standard InChI is InChI=1S/C17H26N2/c1-13(2)17-16-12-18(3)10-15(16)11-19(17)9-14-7-5-4-6-8-14/h4-8,13,15-17H,9-12H2,1-3H3. The summed E-state index contributed by atoms with van der Waals surface area (Å²) in [6.07, 6.45) is 0. The number of rotatable bonds is 3. The topological polar surface area (TPSA) is 6.48 Å². The van der Waals surface area contributed by atoms with Crippen molar-refractivity contribution in [1.29, 1.82) is 0 Å². The summed E-state index contributed by atoms with van der Waals surface area (Å²) < 4.78 is 0. The Kier molecular flexibility index (Phi) is 3.64. The van der Waals surface area contributed by atoms with Gasteiger partial charge in [0.25, 0.3) is 0 Å². The number of hydrogen-bond donors (Lipinski definition) is 0. The summed E-state index contributed by atoms with van der Waals surface area (Å²) in [5.41, 5.74) is 1.46. The summed E-state index contributed by atoms with van der Waals surface area (Å²) in [5.74, 6) is 2.53. The maximum Gasteiger partial charge on any atom is 0.0237 e. The molecule has 0 amide bonds. The Morgan fingerprint density at radius 1 is 1.11 bits per heavy atom. The van der Waals surface area contributed by atoms with Crippen molar-refractivity contribution in [2.24, 2.45) is 17.8 Å². The van der Waals surface area contributed by atoms with Crippen molar-refractivity contribution in [2.75, 3.05) is 26.7 Å². The first-order valence-electron chi connectivity index (χ1n) is 7.61. The minimum atomic E-state index is 0.755. The van der Waals surface area contributed by atoms with Crippen LogP contribution in [-0.2, 0) is 6.54 Å². The quantitative estimate of drug-likeness (QED) is 0.822. The van der Waals surface area contributed by atoms with Crippen LogP contribution in [0, 0.1) is 17.8 Å². The lowest BCUT2D eigenvalue weighted by atomic mass is 9.87. The molecule has 3 rings (SSSR count). The summed E-state index contributed by atoms with van der Waals surface area (Å²) in [6.45, 7) is 9.78. The molecule has 104 valence electrons. The van der Waals surface area contributed by atoms with Crippen LogP contribution < -0.4 is 0 Å². The molecule has 0 aliphatic carbocycles. The lowest BCUT2D eigenvalue weighted by Crippen LogP contribution is -2.39. The molecule has 0 radical (unpaired) electrons. The van der Waals surface area contributed by atoms with E-state index in [-0.39, 0.29) is 0 Å². The predicted octanol–water partition coefficient (Wildman–Crippen LogP) is 2.70. The third-order valence-electron chi connectivity index (χ3n) is 4.92. The van der Waals surface area contributed by atoms with E-state index >= 15 is 0 Å². The Morgan fingerprint density at radius 3 is 2.53 bits per heavy atom. The van der Waals surface area contributed by atoms with Crippen molar-refractivity contribution in [3.8, 4) is 0 Å². The molecule has 0 N–H and O–H groups in total. The summed E-state index contributed by atoms with van der Waals surface area (Å²) in [5, 5.41) is 0. The van der Waals surface area contributed by atoms with Gasteiger partial charge in [0.05, 0.1) is 0 Å². The lowest BCUT2D eigenvalue weighted by molar-refractivity contribution is 0.156. The fraction of sp³-hybridized carbons (Fsp3) is 0.647. The number of nitrogens with zero attached hydrogens (tertiary/aromatic N) is 2. The minimum absolute atomic E-state index is 0.755. The van der Waals surface area contributed by atoms with E-state index < -0.39 is 0 Å². The van der Waals surface area contributed by atoms with E-state index in [1.807, 2.05) is 0 Å². The number of hydrogen-bond acceptors (Lipinski definition) is 2. The van der Waals surface area contributed by atoms with E-state index in [4.69, 9.17) is 0 Å². The largest absolute Gasteiger partial charge is 0.306 e. The highest BCUT2D eigenvalue weighted by atomic mass is 15.2. The van der Waals surface area contributed by atoms with Crippen molar-refractivity contribution in [2.45, 2.75) is 26.4 Å². The van der Waals surface area contributed by atoms with Crippen molar-refractivity contribution >= 4 is 0 Å². The van der Waals surface area contributed by atoms with Gasteiger partial charge in [-0.05, 0) is 30.4 Å². The predicted molar refractivity (Wildman–Crippen MR) is 80.0 cm³/mol. The molecule has 2 aliphatic heterocycles. The van der Waals surface area contributed by atoms with Gasteiger partial charge in [-0.3, -0.25) is 4.90 Å². The van der Waals surface area contributed by atoms with Crippen LogP contribution in [0.2, 0.25) is 0 Å². The van der Waals surface area contributed by atoms with Gasteiger partial charge in [0.1, 0.15) is 0 Å². The molecule has 2 fully saturated rings. The molecule has 3 atom stereocenters. The number of benzene rings is 1. The third-order valence-corrected chi connectivity index (χ3v) is 4.92. The van der Waals surface area contributed by atoms with Crippen LogP contribution in [0.15, 0.2) is 30.3 Å². The van der Waals surface area contributed by atoms with E-state index in [9.17, 15) is 0 Å². The Balaban J connectivity index is 1.75. The maximum absolute atomic E-state index is 2.74. The minimum Gasteiger partial charge on any atom is -0.306 e. The first kappa shape index (κ1) is 13.1. The maximum atomic E-state index is 2.74. The molecule has 2 nitrogen and oxygen atoms in total. The molecule has 0 saturated carbocycles. The molecular weight excluding hydrogens is 232 g/mol. The first-order chi connectivity index (χ1) is 9.15. The first-order valence-corrected chi connectivity index (χ1v) is 7.61. The van der Waals surface area contributed by atoms with Gasteiger partial charge in [-0.1, -0.05) is 44.2 Å². The zero-order valence-electron chi connectivity index (χ0n) is 12.4. The number of likely N-dealkylation sites (tertiary alicyclic amines) is 2. The lowest BCUT2D eigenvalue weighted by Gasteiger charge is -2.31. The highest BCUT2D eigenvalue weighted by molar-refractivity contribution is 5.15. The van der Waals surface area contributed by atoms with Crippen molar-refractivity contribution in [3.05, 3.63) is 35.9 Å². The SMILES string of the molecule is CC(C)C1C2CN(C)CC2CN1Cc1ccccc1. The van der Waals surface area contributed by atoms with Crippen LogP contribution in [0.1, 0.15) is 19.4 Å². The Hall–Kier alpha value is -0.860. The van der Waals surface area contributed by atoms with E-state index in [2.05, 4.69) is 61.0 Å². The van der Waals surface area contributed by atoms with Gasteiger partial charge < -0.3 is 4.90 Å². The second-order valence-electron chi connectivity index (χ2n) is 6.79. The molecule has 0 bridgehead atoms. The smallest absolute Gasteiger partial charge is 0.0237 e. The van der Waals surface area contributed by atoms with Crippen LogP contribution in [0.25, 0.3) is 0 Å². The zero-order chi connectivity index (χ0) is 13.4. The van der Waals surface area contributed by atoms with E-state index in [1.54, 1.807) is 0 Å². The summed E-state index contributed by atoms with van der Waals surface area (Å²) in [6, 6.07) is 11.7. The van der Waals surface area contributed by atoms with Gasteiger partial charge in [0.2, 0.25) is 0 Å². The Morgan fingerprint density at radius 2 is 1.84 bits per heavy atom. The fourth-order valence-corrected chi connectivity index (χ4v) is 4.30. The molecule has 3 unspecified atom stereocenters. The highest BCUT2D eigenvalue weighted by Crippen LogP contribution is 2.39. The zero-order valence-corrected chi connectivity index (χ0v) is 12.4. The van der Waals surface area contributed by atoms with Gasteiger partial charge in [-0.15, -0.1) is 0 Å². The van der Waals surface area contributed by atoms with Gasteiger partial charge in [-0.2, -0.15) is 0 Å². The Bertz CT molecular complexity index is 415. The van der Waals surface area contributed by atoms with Crippen molar-refractivity contribution in [1.82, 2.24) is 9.80 Å². The molecule has 0 spiro atoms. The third kappa shape index (κ3) is 2.56. The summed E-state index contributed by atoms with van der Waals surface area (Å²) in [7, 11) is 2.28. The van der Waals surface area contributed by atoms with Crippen molar-refractivity contribution < 1.29 is 0 Å². The van der Waals surface area contributed by atoms with Gasteiger partial charge in [0.15, 0.2) is 0 Å². The van der Waals surface area contributed by atoms with Crippen molar-refractivity contribution in [3.63, 3.8) is 0 Å². The summed E-state index contributed by atoms with van der Waals surface area (Å²) in [4.78, 5) is 5.26. The molecule has 2 saturated heterocycles. The van der Waals surface area contributed by atoms with Gasteiger partial charge >= 0.3 is 0 Å². The van der Waals surface area contributed by atoms with E-state index in [1.165, 1.54) is 25.2 Å². The molecule has 2 heteroatoms. The van der Waals surface area contributed by atoms with E-state index in [0.29, 0.717) is 0 Å². The monoisotopic (exact) mass is 258 g/mol. The molecule has 0 aromatic heterocycles. The molecular formula is C17H26N2. The second-order valence-corrected chi connectivity index (χ2v) is 6.79. The molecule has 2 heterocycles. The fourth-order valence-electron chi connectivity index (χ4n) is 4.30. The molecule has 19 heavy (non-hydrogen) atoms.